The third kappa shape index (κ3) is 10.1. The zero-order chi connectivity index (χ0) is 15.7. The van der Waals surface area contributed by atoms with Crippen LogP contribution in [0.4, 0.5) is 0 Å². The highest BCUT2D eigenvalue weighted by Crippen LogP contribution is 2.28. The van der Waals surface area contributed by atoms with Gasteiger partial charge < -0.3 is 20.1 Å². The molecule has 122 valence electrons. The minimum absolute atomic E-state index is 0.106. The van der Waals surface area contributed by atoms with Gasteiger partial charge in [0.2, 0.25) is 0 Å². The number of carbonyl (C=O) groups is 1. The second kappa shape index (κ2) is 8.87. The van der Waals surface area contributed by atoms with Gasteiger partial charge in [0.1, 0.15) is 12.1 Å². The van der Waals surface area contributed by atoms with E-state index in [9.17, 15) is 4.79 Å². The zero-order valence-electron chi connectivity index (χ0n) is 13.7. The number of aliphatic imine (C=N–C) groups is 1. The number of esters is 1. The van der Waals surface area contributed by atoms with E-state index in [4.69, 9.17) is 9.47 Å². The second-order valence-corrected chi connectivity index (χ2v) is 6.31. The maximum absolute atomic E-state index is 11.6. The van der Waals surface area contributed by atoms with Crippen LogP contribution in [0.15, 0.2) is 4.99 Å². The molecule has 21 heavy (non-hydrogen) atoms. The smallest absolute Gasteiger partial charge is 0.325 e. The molecule has 0 bridgehead atoms. The summed E-state index contributed by atoms with van der Waals surface area (Å²) < 4.78 is 10.8. The number of guanidine groups is 1. The molecule has 1 rings (SSSR count). The molecule has 0 unspecified atom stereocenters. The molecule has 0 amide bonds. The summed E-state index contributed by atoms with van der Waals surface area (Å²) in [5.41, 5.74) is -0.464. The molecular formula is C15H29N3O3. The minimum Gasteiger partial charge on any atom is -0.459 e. The van der Waals surface area contributed by atoms with E-state index in [2.05, 4.69) is 15.6 Å². The van der Waals surface area contributed by atoms with E-state index in [1.165, 1.54) is 12.8 Å². The molecule has 0 saturated heterocycles. The molecule has 0 aromatic carbocycles. The quantitative estimate of drug-likeness (QED) is 0.306. The first-order chi connectivity index (χ1) is 9.90. The molecule has 2 N–H and O–H groups in total. The first-order valence-electron chi connectivity index (χ1n) is 7.65. The predicted molar refractivity (Wildman–Crippen MR) is 83.4 cm³/mol. The zero-order valence-corrected chi connectivity index (χ0v) is 13.7. The largest absolute Gasteiger partial charge is 0.459 e. The lowest BCUT2D eigenvalue weighted by Gasteiger charge is -2.20. The van der Waals surface area contributed by atoms with Gasteiger partial charge in [-0.25, -0.2) is 0 Å². The lowest BCUT2D eigenvalue weighted by atomic mass is 10.2. The molecule has 0 heterocycles. The van der Waals surface area contributed by atoms with Crippen LogP contribution in [0.25, 0.3) is 0 Å². The van der Waals surface area contributed by atoms with E-state index >= 15 is 0 Å². The number of nitrogens with zero attached hydrogens (tertiary/aromatic N) is 1. The van der Waals surface area contributed by atoms with E-state index < -0.39 is 5.60 Å². The van der Waals surface area contributed by atoms with Crippen LogP contribution >= 0.6 is 0 Å². The van der Waals surface area contributed by atoms with Gasteiger partial charge >= 0.3 is 5.97 Å². The predicted octanol–water partition coefficient (Wildman–Crippen LogP) is 1.31. The Morgan fingerprint density at radius 3 is 2.57 bits per heavy atom. The number of hydrogen-bond acceptors (Lipinski definition) is 4. The third-order valence-electron chi connectivity index (χ3n) is 2.85. The van der Waals surface area contributed by atoms with Crippen molar-refractivity contribution in [2.75, 3.05) is 33.4 Å². The summed E-state index contributed by atoms with van der Waals surface area (Å²) in [6.45, 7) is 8.06. The van der Waals surface area contributed by atoms with Crippen LogP contribution in [0, 0.1) is 5.92 Å². The average molecular weight is 299 g/mol. The Kier molecular flexibility index (Phi) is 7.50. The summed E-state index contributed by atoms with van der Waals surface area (Å²) >= 11 is 0. The molecule has 1 saturated carbocycles. The first-order valence-corrected chi connectivity index (χ1v) is 7.65. The highest BCUT2D eigenvalue weighted by atomic mass is 16.6. The van der Waals surface area contributed by atoms with Crippen molar-refractivity contribution >= 4 is 11.9 Å². The molecule has 6 nitrogen and oxygen atoms in total. The van der Waals surface area contributed by atoms with E-state index in [1.807, 2.05) is 20.8 Å². The van der Waals surface area contributed by atoms with Gasteiger partial charge in [0.25, 0.3) is 0 Å². The van der Waals surface area contributed by atoms with Gasteiger partial charge in [-0.3, -0.25) is 9.79 Å². The van der Waals surface area contributed by atoms with E-state index in [-0.39, 0.29) is 12.5 Å². The fourth-order valence-electron chi connectivity index (χ4n) is 1.67. The van der Waals surface area contributed by atoms with Gasteiger partial charge in [0.15, 0.2) is 5.96 Å². The Balaban J connectivity index is 2.03. The van der Waals surface area contributed by atoms with Crippen molar-refractivity contribution < 1.29 is 14.3 Å². The third-order valence-corrected chi connectivity index (χ3v) is 2.85. The number of rotatable bonds is 8. The van der Waals surface area contributed by atoms with Gasteiger partial charge in [-0.05, 0) is 46.0 Å². The molecule has 1 aliphatic carbocycles. The van der Waals surface area contributed by atoms with Crippen molar-refractivity contribution in [1.82, 2.24) is 10.6 Å². The molecule has 0 aromatic heterocycles. The van der Waals surface area contributed by atoms with E-state index in [0.29, 0.717) is 5.96 Å². The van der Waals surface area contributed by atoms with Crippen LogP contribution in [0.2, 0.25) is 0 Å². The van der Waals surface area contributed by atoms with Crippen molar-refractivity contribution in [3.63, 3.8) is 0 Å². The SMILES string of the molecule is CN=C(NCCCOCC1CC1)NCC(=O)OC(C)(C)C. The number of nitrogens with one attached hydrogen (secondary N) is 2. The van der Waals surface area contributed by atoms with Crippen LogP contribution in [0.5, 0.6) is 0 Å². The molecular weight excluding hydrogens is 270 g/mol. The Bertz CT molecular complexity index is 347. The lowest BCUT2D eigenvalue weighted by molar-refractivity contribution is -0.153. The van der Waals surface area contributed by atoms with Gasteiger partial charge in [0, 0.05) is 26.8 Å². The van der Waals surface area contributed by atoms with Crippen molar-refractivity contribution in [3.05, 3.63) is 0 Å². The summed E-state index contributed by atoms with van der Waals surface area (Å²) in [7, 11) is 1.67. The second-order valence-electron chi connectivity index (χ2n) is 6.31. The van der Waals surface area contributed by atoms with Crippen molar-refractivity contribution in [3.8, 4) is 0 Å². The summed E-state index contributed by atoms with van der Waals surface area (Å²) in [6.07, 6.45) is 3.55. The van der Waals surface area contributed by atoms with Crippen LogP contribution in [0.3, 0.4) is 0 Å². The summed E-state index contributed by atoms with van der Waals surface area (Å²) in [5, 5.41) is 6.08. The van der Waals surface area contributed by atoms with Crippen molar-refractivity contribution in [1.29, 1.82) is 0 Å². The highest BCUT2D eigenvalue weighted by molar-refractivity contribution is 5.84. The van der Waals surface area contributed by atoms with Gasteiger partial charge in [0.05, 0.1) is 0 Å². The van der Waals surface area contributed by atoms with Crippen LogP contribution in [0.1, 0.15) is 40.0 Å². The van der Waals surface area contributed by atoms with Crippen LogP contribution in [-0.4, -0.2) is 50.9 Å². The Morgan fingerprint density at radius 2 is 2.00 bits per heavy atom. The maximum Gasteiger partial charge on any atom is 0.325 e. The number of carbonyl (C=O) groups excluding carboxylic acids is 1. The van der Waals surface area contributed by atoms with Crippen LogP contribution in [-0.2, 0) is 14.3 Å². The maximum atomic E-state index is 11.6. The van der Waals surface area contributed by atoms with Gasteiger partial charge in [-0.15, -0.1) is 0 Å². The summed E-state index contributed by atoms with van der Waals surface area (Å²) in [4.78, 5) is 15.6. The minimum atomic E-state index is -0.464. The Labute approximate surface area is 127 Å². The molecule has 0 radical (unpaired) electrons. The first kappa shape index (κ1) is 17.8. The lowest BCUT2D eigenvalue weighted by Crippen LogP contribution is -2.42. The van der Waals surface area contributed by atoms with Gasteiger partial charge in [-0.2, -0.15) is 0 Å². The molecule has 0 spiro atoms. The average Bonchev–Trinajstić information content (AvgIpc) is 3.19. The normalized spacial score (nSPS) is 15.7. The Hall–Kier alpha value is -1.30. The van der Waals surface area contributed by atoms with E-state index in [0.717, 1.165) is 32.1 Å². The molecule has 0 atom stereocenters. The molecule has 1 fully saturated rings. The molecule has 1 aliphatic rings. The van der Waals surface area contributed by atoms with E-state index in [1.54, 1.807) is 7.05 Å². The Morgan fingerprint density at radius 1 is 1.29 bits per heavy atom. The van der Waals surface area contributed by atoms with Crippen LogP contribution < -0.4 is 10.6 Å². The standard InChI is InChI=1S/C15H29N3O3/c1-15(2,3)21-13(19)10-18-14(16-4)17-8-5-9-20-11-12-6-7-12/h12H,5-11H2,1-4H3,(H2,16,17,18). The monoisotopic (exact) mass is 299 g/mol. The highest BCUT2D eigenvalue weighted by Gasteiger charge is 2.20. The molecule has 0 aromatic rings. The summed E-state index contributed by atoms with van der Waals surface area (Å²) in [6, 6.07) is 0. The fourth-order valence-corrected chi connectivity index (χ4v) is 1.67. The van der Waals surface area contributed by atoms with Gasteiger partial charge in [-0.1, -0.05) is 0 Å². The van der Waals surface area contributed by atoms with Crippen molar-refractivity contribution in [2.45, 2.75) is 45.6 Å². The number of hydrogen-bond donors (Lipinski definition) is 2. The number of ether oxygens (including phenoxy) is 2. The molecule has 6 heteroatoms. The molecule has 0 aliphatic heterocycles. The topological polar surface area (TPSA) is 72.0 Å². The summed E-state index contributed by atoms with van der Waals surface area (Å²) in [5.74, 6) is 1.11. The fraction of sp³-hybridized carbons (Fsp3) is 0.867. The van der Waals surface area contributed by atoms with Crippen molar-refractivity contribution in [2.24, 2.45) is 10.9 Å².